The lowest BCUT2D eigenvalue weighted by Gasteiger charge is -1.94. The van der Waals surface area contributed by atoms with Crippen molar-refractivity contribution in [1.82, 2.24) is 14.6 Å². The van der Waals surface area contributed by atoms with Gasteiger partial charge in [-0.05, 0) is 34.7 Å². The van der Waals surface area contributed by atoms with Gasteiger partial charge >= 0.3 is 0 Å². The van der Waals surface area contributed by atoms with E-state index in [2.05, 4.69) is 32.8 Å². The van der Waals surface area contributed by atoms with Crippen LogP contribution < -0.4 is 0 Å². The molecule has 0 saturated heterocycles. The third kappa shape index (κ3) is 0.991. The molecular weight excluding hydrogens is 260 g/mol. The zero-order valence-electron chi connectivity index (χ0n) is 5.33. The highest BCUT2D eigenvalue weighted by Crippen LogP contribution is 2.11. The van der Waals surface area contributed by atoms with Gasteiger partial charge in [0.25, 0.3) is 0 Å². The average molecular weight is 263 g/mol. The highest BCUT2D eigenvalue weighted by atomic mass is 127. The van der Waals surface area contributed by atoms with E-state index >= 15 is 0 Å². The van der Waals surface area contributed by atoms with Crippen LogP contribution in [0.2, 0.25) is 0 Å². The predicted molar refractivity (Wildman–Crippen MR) is 45.7 cm³/mol. The first kappa shape index (κ1) is 6.96. The van der Waals surface area contributed by atoms with Crippen LogP contribution in [0.15, 0.2) is 18.5 Å². The standard InChI is InChI=1S/C6H3FIN3/c7-5-2-1-4(8)6-10-9-3-11(5)6/h1-3H. The maximum Gasteiger partial charge on any atom is 0.200 e. The van der Waals surface area contributed by atoms with Gasteiger partial charge in [-0.1, -0.05) is 0 Å². The third-order valence-corrected chi connectivity index (χ3v) is 2.20. The van der Waals surface area contributed by atoms with E-state index in [4.69, 9.17) is 0 Å². The van der Waals surface area contributed by atoms with Crippen molar-refractivity contribution in [3.05, 3.63) is 28.0 Å². The van der Waals surface area contributed by atoms with Gasteiger partial charge in [0.2, 0.25) is 5.95 Å². The van der Waals surface area contributed by atoms with Crippen molar-refractivity contribution < 1.29 is 4.39 Å². The molecule has 0 aliphatic heterocycles. The number of hydrogen-bond donors (Lipinski definition) is 0. The summed E-state index contributed by atoms with van der Waals surface area (Å²) in [6, 6.07) is 3.05. The van der Waals surface area contributed by atoms with E-state index in [1.54, 1.807) is 6.07 Å². The molecule has 11 heavy (non-hydrogen) atoms. The topological polar surface area (TPSA) is 30.2 Å². The van der Waals surface area contributed by atoms with Gasteiger partial charge < -0.3 is 0 Å². The lowest BCUT2D eigenvalue weighted by molar-refractivity contribution is 0.566. The SMILES string of the molecule is Fc1ccc(I)c2nncn12. The first-order valence-corrected chi connectivity index (χ1v) is 4.00. The molecule has 0 aliphatic carbocycles. The fourth-order valence-electron chi connectivity index (χ4n) is 0.851. The van der Waals surface area contributed by atoms with Crippen LogP contribution in [0.25, 0.3) is 5.65 Å². The number of fused-ring (bicyclic) bond motifs is 1. The van der Waals surface area contributed by atoms with E-state index in [1.807, 2.05) is 0 Å². The minimum absolute atomic E-state index is 0.342. The molecule has 3 nitrogen and oxygen atoms in total. The van der Waals surface area contributed by atoms with E-state index in [-0.39, 0.29) is 5.95 Å². The van der Waals surface area contributed by atoms with Gasteiger partial charge in [0.1, 0.15) is 6.33 Å². The van der Waals surface area contributed by atoms with Gasteiger partial charge in [-0.3, -0.25) is 4.40 Å². The molecule has 0 aromatic carbocycles. The lowest BCUT2D eigenvalue weighted by atomic mass is 10.5. The Labute approximate surface area is 75.4 Å². The highest BCUT2D eigenvalue weighted by Gasteiger charge is 2.03. The highest BCUT2D eigenvalue weighted by molar-refractivity contribution is 14.1. The first-order chi connectivity index (χ1) is 5.29. The van der Waals surface area contributed by atoms with Crippen LogP contribution in [0.1, 0.15) is 0 Å². The van der Waals surface area contributed by atoms with Crippen molar-refractivity contribution in [2.75, 3.05) is 0 Å². The largest absolute Gasteiger partial charge is 0.256 e. The molecule has 0 bridgehead atoms. The van der Waals surface area contributed by atoms with E-state index in [1.165, 1.54) is 16.8 Å². The Bertz CT molecular complexity index is 362. The lowest BCUT2D eigenvalue weighted by Crippen LogP contribution is -1.91. The van der Waals surface area contributed by atoms with Gasteiger partial charge in [0.05, 0.1) is 3.57 Å². The Morgan fingerprint density at radius 2 is 2.27 bits per heavy atom. The van der Waals surface area contributed by atoms with Crippen LogP contribution in [0.5, 0.6) is 0 Å². The Morgan fingerprint density at radius 1 is 1.45 bits per heavy atom. The fraction of sp³-hybridized carbons (Fsp3) is 0. The summed E-state index contributed by atoms with van der Waals surface area (Å²) in [4.78, 5) is 0. The summed E-state index contributed by atoms with van der Waals surface area (Å²) in [6.07, 6.45) is 1.35. The molecule has 0 fully saturated rings. The molecule has 0 aliphatic rings. The van der Waals surface area contributed by atoms with Crippen molar-refractivity contribution in [2.24, 2.45) is 0 Å². The van der Waals surface area contributed by atoms with Crippen LogP contribution in [0.3, 0.4) is 0 Å². The van der Waals surface area contributed by atoms with Gasteiger partial charge in [-0.15, -0.1) is 10.2 Å². The second kappa shape index (κ2) is 2.40. The van der Waals surface area contributed by atoms with E-state index in [9.17, 15) is 4.39 Å². The molecule has 2 rings (SSSR count). The van der Waals surface area contributed by atoms with E-state index in [0.717, 1.165) is 3.57 Å². The summed E-state index contributed by atoms with van der Waals surface area (Å²) in [7, 11) is 0. The number of pyridine rings is 1. The molecule has 0 atom stereocenters. The first-order valence-electron chi connectivity index (χ1n) is 2.93. The van der Waals surface area contributed by atoms with Crippen LogP contribution in [0.4, 0.5) is 4.39 Å². The summed E-state index contributed by atoms with van der Waals surface area (Å²) in [6.45, 7) is 0. The molecule has 56 valence electrons. The molecule has 2 aromatic heterocycles. The second-order valence-electron chi connectivity index (χ2n) is 2.03. The molecule has 0 amide bonds. The number of nitrogens with zero attached hydrogens (tertiary/aromatic N) is 3. The summed E-state index contributed by atoms with van der Waals surface area (Å²) in [5, 5.41) is 7.34. The Kier molecular flexibility index (Phi) is 1.52. The fourth-order valence-corrected chi connectivity index (χ4v) is 1.40. The Morgan fingerprint density at radius 3 is 3.00 bits per heavy atom. The van der Waals surface area contributed by atoms with E-state index < -0.39 is 0 Å². The number of hydrogen-bond acceptors (Lipinski definition) is 2. The Hall–Kier alpha value is -0.720. The third-order valence-electron chi connectivity index (χ3n) is 1.36. The van der Waals surface area contributed by atoms with Gasteiger partial charge in [-0.25, -0.2) is 0 Å². The zero-order chi connectivity index (χ0) is 7.84. The molecule has 0 spiro atoms. The van der Waals surface area contributed by atoms with Gasteiger partial charge in [0, 0.05) is 0 Å². The van der Waals surface area contributed by atoms with Crippen molar-refractivity contribution in [3.8, 4) is 0 Å². The van der Waals surface area contributed by atoms with Gasteiger partial charge in [-0.2, -0.15) is 4.39 Å². The predicted octanol–water partition coefficient (Wildman–Crippen LogP) is 1.47. The summed E-state index contributed by atoms with van der Waals surface area (Å²) in [5.74, 6) is -0.342. The quantitative estimate of drug-likeness (QED) is 0.532. The monoisotopic (exact) mass is 263 g/mol. The number of rotatable bonds is 0. The number of aromatic nitrogens is 3. The molecule has 0 saturated carbocycles. The van der Waals surface area contributed by atoms with Crippen LogP contribution in [-0.4, -0.2) is 14.6 Å². The maximum atomic E-state index is 12.9. The van der Waals surface area contributed by atoms with Crippen molar-refractivity contribution in [3.63, 3.8) is 0 Å². The molecule has 2 aromatic rings. The molecule has 0 N–H and O–H groups in total. The maximum absolute atomic E-state index is 12.9. The van der Waals surface area contributed by atoms with Crippen molar-refractivity contribution in [1.29, 1.82) is 0 Å². The molecule has 5 heteroatoms. The molecule has 2 heterocycles. The minimum Gasteiger partial charge on any atom is -0.256 e. The molecular formula is C6H3FIN3. The van der Waals surface area contributed by atoms with Crippen LogP contribution in [-0.2, 0) is 0 Å². The van der Waals surface area contributed by atoms with Crippen molar-refractivity contribution in [2.45, 2.75) is 0 Å². The minimum atomic E-state index is -0.342. The summed E-state index contributed by atoms with van der Waals surface area (Å²) in [5.41, 5.74) is 0.561. The average Bonchev–Trinajstić information content (AvgIpc) is 2.45. The summed E-state index contributed by atoms with van der Waals surface area (Å²) >= 11 is 2.08. The zero-order valence-corrected chi connectivity index (χ0v) is 7.49. The van der Waals surface area contributed by atoms with Crippen LogP contribution >= 0.6 is 22.6 Å². The van der Waals surface area contributed by atoms with Crippen molar-refractivity contribution >= 4 is 28.2 Å². The summed E-state index contributed by atoms with van der Waals surface area (Å²) < 4.78 is 15.1. The van der Waals surface area contributed by atoms with Crippen LogP contribution in [0, 0.1) is 9.52 Å². The normalized spacial score (nSPS) is 10.7. The Balaban J connectivity index is 2.96. The second-order valence-corrected chi connectivity index (χ2v) is 3.19. The van der Waals surface area contributed by atoms with Gasteiger partial charge in [0.15, 0.2) is 5.65 Å². The smallest absolute Gasteiger partial charge is 0.200 e. The molecule has 0 unspecified atom stereocenters. The number of halogens is 2. The molecule has 0 radical (unpaired) electrons. The van der Waals surface area contributed by atoms with E-state index in [0.29, 0.717) is 5.65 Å².